The summed E-state index contributed by atoms with van der Waals surface area (Å²) in [6.45, 7) is 16.2. The normalized spacial score (nSPS) is 14.3. The van der Waals surface area contributed by atoms with Crippen molar-refractivity contribution in [2.24, 2.45) is 0 Å². The van der Waals surface area contributed by atoms with Crippen molar-refractivity contribution in [1.82, 2.24) is 10.2 Å². The van der Waals surface area contributed by atoms with Crippen LogP contribution in [0.25, 0.3) is 11.1 Å². The average Bonchev–Trinajstić information content (AvgIpc) is 3.32. The summed E-state index contributed by atoms with van der Waals surface area (Å²) in [5.74, 6) is 1.05. The summed E-state index contributed by atoms with van der Waals surface area (Å²) in [6.07, 6.45) is 9.64. The molecule has 0 saturated carbocycles. The Morgan fingerprint density at radius 2 is 1.36 bits per heavy atom. The zero-order valence-corrected chi connectivity index (χ0v) is 44.7. The van der Waals surface area contributed by atoms with Gasteiger partial charge in [0.05, 0.1) is 28.8 Å². The summed E-state index contributed by atoms with van der Waals surface area (Å²) in [6, 6.07) is 38.7. The summed E-state index contributed by atoms with van der Waals surface area (Å²) < 4.78 is 46.7. The first-order chi connectivity index (χ1) is 33.5. The molecule has 1 heterocycles. The quantitative estimate of drug-likeness (QED) is 0.0366. The third-order valence-corrected chi connectivity index (χ3v) is 19.0. The van der Waals surface area contributed by atoms with Crippen LogP contribution in [-0.4, -0.2) is 77.9 Å². The van der Waals surface area contributed by atoms with Crippen molar-refractivity contribution in [2.75, 3.05) is 48.6 Å². The van der Waals surface area contributed by atoms with Crippen molar-refractivity contribution in [3.05, 3.63) is 143 Å². The molecular formula is C56H75ClN4O7SSi. The molecule has 5 aromatic rings. The van der Waals surface area contributed by atoms with Gasteiger partial charge in [-0.2, -0.15) is 0 Å². The molecule has 0 spiro atoms. The van der Waals surface area contributed by atoms with Crippen molar-refractivity contribution in [2.45, 2.75) is 122 Å². The van der Waals surface area contributed by atoms with E-state index in [1.54, 1.807) is 4.90 Å². The summed E-state index contributed by atoms with van der Waals surface area (Å²) in [7, 11) is -5.75. The maximum atomic E-state index is 12.9. The highest BCUT2D eigenvalue weighted by Gasteiger charge is 2.39. The third-order valence-electron chi connectivity index (χ3n) is 13.6. The second-order valence-electron chi connectivity index (χ2n) is 20.1. The zero-order valence-electron chi connectivity index (χ0n) is 42.1. The lowest BCUT2D eigenvalue weighted by Crippen LogP contribution is -2.47. The minimum atomic E-state index is -3.56. The number of likely N-dealkylation sites (tertiary alicyclic amines) is 1. The molecule has 1 aliphatic rings. The van der Waals surface area contributed by atoms with E-state index in [4.69, 9.17) is 25.5 Å². The number of carbonyl (C=O) groups is 1. The molecule has 14 heteroatoms. The molecular weight excluding hydrogens is 936 g/mol. The Balaban J connectivity index is 0.911. The number of nitrogens with zero attached hydrogens (tertiary/aromatic N) is 2. The number of para-hydroxylation sites is 1. The van der Waals surface area contributed by atoms with Gasteiger partial charge in [0.15, 0.2) is 8.32 Å². The van der Waals surface area contributed by atoms with Gasteiger partial charge < -0.3 is 29.2 Å². The number of carboxylic acid groups (broad SMARTS) is 1. The molecule has 3 N–H and O–H groups in total. The number of halogens is 1. The molecule has 0 aliphatic carbocycles. The number of ether oxygens (including phenoxy) is 2. The summed E-state index contributed by atoms with van der Waals surface area (Å²) in [5.41, 5.74) is 5.69. The minimum absolute atomic E-state index is 0.00229. The van der Waals surface area contributed by atoms with Gasteiger partial charge in [-0.1, -0.05) is 155 Å². The molecule has 11 nitrogen and oxygen atoms in total. The molecule has 1 amide bonds. The topological polar surface area (TPSA) is 130 Å². The van der Waals surface area contributed by atoms with Gasteiger partial charge in [0.25, 0.3) is 0 Å². The van der Waals surface area contributed by atoms with Crippen molar-refractivity contribution in [1.29, 1.82) is 0 Å². The van der Waals surface area contributed by atoms with Crippen molar-refractivity contribution < 1.29 is 32.2 Å². The summed E-state index contributed by atoms with van der Waals surface area (Å²) in [5, 5.41) is 14.7. The van der Waals surface area contributed by atoms with Crippen LogP contribution < -0.4 is 24.4 Å². The lowest BCUT2D eigenvalue weighted by molar-refractivity contribution is 0.179. The summed E-state index contributed by atoms with van der Waals surface area (Å²) in [4.78, 5) is 16.9. The Hall–Kier alpha value is -4.89. The fourth-order valence-corrected chi connectivity index (χ4v) is 10.7. The van der Waals surface area contributed by atoms with Gasteiger partial charge in [-0.15, -0.1) is 0 Å². The maximum Gasteiger partial charge on any atom is 0.412 e. The molecule has 0 radical (unpaired) electrons. The highest BCUT2D eigenvalue weighted by molar-refractivity contribution is 7.92. The lowest BCUT2D eigenvalue weighted by atomic mass is 9.98. The molecule has 0 unspecified atom stereocenters. The van der Waals surface area contributed by atoms with Gasteiger partial charge in [0, 0.05) is 31.2 Å². The number of hydrogen-bond acceptors (Lipinski definition) is 8. The molecule has 6 rings (SSSR count). The number of unbranched alkanes of at least 4 members (excludes halogenated alkanes) is 6. The Labute approximate surface area is 424 Å². The van der Waals surface area contributed by atoms with E-state index >= 15 is 0 Å². The predicted octanol–water partition coefficient (Wildman–Crippen LogP) is 13.6. The van der Waals surface area contributed by atoms with E-state index in [0.717, 1.165) is 92.4 Å². The van der Waals surface area contributed by atoms with E-state index in [9.17, 15) is 18.3 Å². The zero-order chi connectivity index (χ0) is 50.2. The molecule has 1 atom stereocenters. The minimum Gasteiger partial charge on any atom is -0.487 e. The highest BCUT2D eigenvalue weighted by Crippen LogP contribution is 2.41. The first kappa shape index (κ1) is 54.4. The van der Waals surface area contributed by atoms with Gasteiger partial charge in [-0.3, -0.25) is 9.62 Å². The van der Waals surface area contributed by atoms with Crippen molar-refractivity contribution >= 4 is 47.4 Å². The first-order valence-corrected chi connectivity index (χ1v) is 30.1. The van der Waals surface area contributed by atoms with Crippen LogP contribution in [0.1, 0.15) is 101 Å². The van der Waals surface area contributed by atoms with Crippen LogP contribution in [-0.2, 0) is 27.7 Å². The van der Waals surface area contributed by atoms with Gasteiger partial charge in [0.2, 0.25) is 10.0 Å². The van der Waals surface area contributed by atoms with Gasteiger partial charge in [-0.25, -0.2) is 13.2 Å². The van der Waals surface area contributed by atoms with E-state index in [1.807, 2.05) is 121 Å². The van der Waals surface area contributed by atoms with Gasteiger partial charge >= 0.3 is 6.09 Å². The number of benzene rings is 5. The van der Waals surface area contributed by atoms with E-state index in [0.29, 0.717) is 47.7 Å². The average molecular weight is 1010 g/mol. The fraction of sp³-hybridized carbons (Fsp3) is 0.446. The molecule has 0 aromatic heterocycles. The summed E-state index contributed by atoms with van der Waals surface area (Å²) >= 11 is 6.71. The van der Waals surface area contributed by atoms with Gasteiger partial charge in [0.1, 0.15) is 24.7 Å². The second-order valence-corrected chi connectivity index (χ2v) is 27.0. The number of piperidine rings is 1. The van der Waals surface area contributed by atoms with E-state index in [1.165, 1.54) is 25.7 Å². The number of hydrogen-bond donors (Lipinski definition) is 3. The molecule has 1 aliphatic heterocycles. The van der Waals surface area contributed by atoms with Crippen LogP contribution in [0.3, 0.4) is 0 Å². The SMILES string of the molecule is CC(C)(C)[Si](C)(C)O[C@@H](CNCCCCCCCCCN1CCC(N(C(=O)O)c2ccccc2-c2ccc(OCc3ccccc3)c(Cl)c2)CC1)c1ccc(OCc2ccccc2)c(NS(C)(=O)=O)c1. The first-order valence-electron chi connectivity index (χ1n) is 24.9. The second kappa shape index (κ2) is 26.0. The lowest BCUT2D eigenvalue weighted by Gasteiger charge is -2.39. The third kappa shape index (κ3) is 16.6. The predicted molar refractivity (Wildman–Crippen MR) is 290 cm³/mol. The van der Waals surface area contributed by atoms with E-state index in [-0.39, 0.29) is 17.2 Å². The van der Waals surface area contributed by atoms with Crippen molar-refractivity contribution in [3.63, 3.8) is 0 Å². The van der Waals surface area contributed by atoms with E-state index < -0.39 is 24.4 Å². The largest absolute Gasteiger partial charge is 0.487 e. The molecule has 70 heavy (non-hydrogen) atoms. The van der Waals surface area contributed by atoms with Crippen LogP contribution >= 0.6 is 11.6 Å². The standard InChI is InChI=1S/C56H75ClN4O7SSi/c1-56(2,3)70(5,6)68-54(46-29-31-53(50(39-46)59-69(4,64)65)67-42-44-24-16-13-17-25-44)40-58-34-20-10-8-7-9-11-21-35-60-36-32-47(33-37-60)61(55(62)63)51-27-19-18-26-48(51)45-28-30-52(49(57)38-45)66-41-43-22-14-12-15-23-43/h12-19,22-31,38-39,47,54,58-59H,7-11,20-21,32-37,40-42H2,1-6H3,(H,62,63)/t54-/m0/s1. The van der Waals surface area contributed by atoms with Gasteiger partial charge in [-0.05, 0) is 109 Å². The smallest absolute Gasteiger partial charge is 0.412 e. The molecule has 5 aromatic carbocycles. The van der Waals surface area contributed by atoms with E-state index in [2.05, 4.69) is 48.8 Å². The Kier molecular flexibility index (Phi) is 20.2. The molecule has 378 valence electrons. The van der Waals surface area contributed by atoms with Crippen molar-refractivity contribution in [3.8, 4) is 22.6 Å². The molecule has 0 bridgehead atoms. The number of amides is 1. The van der Waals surface area contributed by atoms with Crippen LogP contribution in [0.2, 0.25) is 23.2 Å². The fourth-order valence-electron chi connectivity index (χ4n) is 8.66. The Morgan fingerprint density at radius 3 is 1.96 bits per heavy atom. The maximum absolute atomic E-state index is 12.9. The van der Waals surface area contributed by atoms with Crippen LogP contribution in [0.4, 0.5) is 16.2 Å². The molecule has 1 saturated heterocycles. The Bertz CT molecular complexity index is 2520. The van der Waals surface area contributed by atoms with Crippen LogP contribution in [0.15, 0.2) is 121 Å². The monoisotopic (exact) mass is 1010 g/mol. The highest BCUT2D eigenvalue weighted by atomic mass is 35.5. The number of rotatable bonds is 26. The van der Waals surface area contributed by atoms with Crippen LogP contribution in [0, 0.1) is 0 Å². The molecule has 1 fully saturated rings. The number of sulfonamides is 1. The Morgan fingerprint density at radius 1 is 0.786 bits per heavy atom. The number of nitrogens with one attached hydrogen (secondary N) is 2. The number of anilines is 2. The van der Waals surface area contributed by atoms with Crippen LogP contribution in [0.5, 0.6) is 11.5 Å².